The van der Waals surface area contributed by atoms with Crippen molar-refractivity contribution in [3.63, 3.8) is 0 Å². The van der Waals surface area contributed by atoms with Gasteiger partial charge in [0.1, 0.15) is 11.5 Å². The van der Waals surface area contributed by atoms with E-state index in [-0.39, 0.29) is 11.8 Å². The Morgan fingerprint density at radius 3 is 2.58 bits per heavy atom. The van der Waals surface area contributed by atoms with Crippen LogP contribution in [0.5, 0.6) is 11.5 Å². The van der Waals surface area contributed by atoms with Gasteiger partial charge in [0.2, 0.25) is 5.91 Å². The minimum absolute atomic E-state index is 0.0583. The number of nitrogens with two attached hydrogens (primary N) is 1. The molecule has 0 aliphatic rings. The molecular formula is C14H22N2O3. The lowest BCUT2D eigenvalue weighted by Gasteiger charge is -2.17. The summed E-state index contributed by atoms with van der Waals surface area (Å²) < 4.78 is 10.5. The molecule has 0 radical (unpaired) electrons. The summed E-state index contributed by atoms with van der Waals surface area (Å²) in [5, 5.41) is 2.89. The molecule has 1 amide bonds. The van der Waals surface area contributed by atoms with E-state index in [0.717, 1.165) is 5.56 Å². The largest absolute Gasteiger partial charge is 0.497 e. The van der Waals surface area contributed by atoms with Crippen molar-refractivity contribution in [2.45, 2.75) is 20.3 Å². The second kappa shape index (κ2) is 6.99. The second-order valence-electron chi connectivity index (χ2n) is 4.49. The number of hydrogen-bond acceptors (Lipinski definition) is 4. The number of nitrogens with one attached hydrogen (secondary N) is 1. The van der Waals surface area contributed by atoms with Gasteiger partial charge in [-0.05, 0) is 31.5 Å². The van der Waals surface area contributed by atoms with Crippen LogP contribution >= 0.6 is 0 Å². The van der Waals surface area contributed by atoms with Crippen LogP contribution in [-0.4, -0.2) is 26.7 Å². The normalized spacial score (nSPS) is 11.8. The maximum Gasteiger partial charge on any atom is 0.227 e. The van der Waals surface area contributed by atoms with Crippen LogP contribution in [0.4, 0.5) is 5.69 Å². The molecule has 1 atom stereocenters. The zero-order chi connectivity index (χ0) is 14.4. The van der Waals surface area contributed by atoms with Gasteiger partial charge < -0.3 is 20.5 Å². The number of methoxy groups -OCH3 is 2. The predicted octanol–water partition coefficient (Wildman–Crippen LogP) is 1.94. The molecule has 1 aromatic rings. The van der Waals surface area contributed by atoms with E-state index in [1.165, 1.54) is 0 Å². The first-order valence-electron chi connectivity index (χ1n) is 6.27. The van der Waals surface area contributed by atoms with Crippen molar-refractivity contribution < 1.29 is 14.3 Å². The first-order chi connectivity index (χ1) is 9.03. The van der Waals surface area contributed by atoms with Crippen molar-refractivity contribution in [1.29, 1.82) is 0 Å². The van der Waals surface area contributed by atoms with E-state index >= 15 is 0 Å². The van der Waals surface area contributed by atoms with E-state index in [4.69, 9.17) is 15.2 Å². The Morgan fingerprint density at radius 1 is 1.37 bits per heavy atom. The van der Waals surface area contributed by atoms with Crippen molar-refractivity contribution in [2.24, 2.45) is 11.7 Å². The number of rotatable bonds is 6. The van der Waals surface area contributed by atoms with Gasteiger partial charge in [-0.2, -0.15) is 0 Å². The highest BCUT2D eigenvalue weighted by Gasteiger charge is 2.16. The topological polar surface area (TPSA) is 73.6 Å². The Bertz CT molecular complexity index is 447. The molecule has 0 saturated carbocycles. The summed E-state index contributed by atoms with van der Waals surface area (Å²) in [5.74, 6) is 1.10. The van der Waals surface area contributed by atoms with Crippen molar-refractivity contribution in [3.05, 3.63) is 17.7 Å². The lowest BCUT2D eigenvalue weighted by molar-refractivity contribution is -0.119. The highest BCUT2D eigenvalue weighted by molar-refractivity contribution is 5.94. The Balaban J connectivity index is 2.97. The number of benzene rings is 1. The van der Waals surface area contributed by atoms with Crippen LogP contribution < -0.4 is 20.5 Å². The van der Waals surface area contributed by atoms with E-state index in [2.05, 4.69) is 5.32 Å². The smallest absolute Gasteiger partial charge is 0.227 e. The standard InChI is InChI=1S/C14H22N2O3/c1-9(5-6-15)14(17)16-13-10(2)7-11(18-3)8-12(13)19-4/h7-9H,5-6,15H2,1-4H3,(H,16,17). The fourth-order valence-electron chi connectivity index (χ4n) is 1.79. The highest BCUT2D eigenvalue weighted by Crippen LogP contribution is 2.33. The number of hydrogen-bond donors (Lipinski definition) is 2. The van der Waals surface area contributed by atoms with Gasteiger partial charge in [-0.1, -0.05) is 6.92 Å². The van der Waals surface area contributed by atoms with E-state index in [9.17, 15) is 4.79 Å². The van der Waals surface area contributed by atoms with Gasteiger partial charge in [-0.3, -0.25) is 4.79 Å². The van der Waals surface area contributed by atoms with Gasteiger partial charge in [0.25, 0.3) is 0 Å². The lowest BCUT2D eigenvalue weighted by atomic mass is 10.1. The predicted molar refractivity (Wildman–Crippen MR) is 75.7 cm³/mol. The Hall–Kier alpha value is -1.75. The third-order valence-electron chi connectivity index (χ3n) is 3.02. The Morgan fingerprint density at radius 2 is 2.05 bits per heavy atom. The van der Waals surface area contributed by atoms with Crippen molar-refractivity contribution >= 4 is 11.6 Å². The molecule has 0 aromatic heterocycles. The van der Waals surface area contributed by atoms with Crippen LogP contribution in [0.25, 0.3) is 0 Å². The van der Waals surface area contributed by atoms with E-state index in [0.29, 0.717) is 30.2 Å². The summed E-state index contributed by atoms with van der Waals surface area (Å²) in [5.41, 5.74) is 7.03. The molecule has 0 saturated heterocycles. The van der Waals surface area contributed by atoms with Crippen LogP contribution in [0, 0.1) is 12.8 Å². The van der Waals surface area contributed by atoms with E-state index in [1.54, 1.807) is 20.3 Å². The third kappa shape index (κ3) is 3.86. The molecule has 5 nitrogen and oxygen atoms in total. The molecule has 5 heteroatoms. The molecule has 106 valence electrons. The molecular weight excluding hydrogens is 244 g/mol. The van der Waals surface area contributed by atoms with Gasteiger partial charge in [-0.15, -0.1) is 0 Å². The summed E-state index contributed by atoms with van der Waals surface area (Å²) in [6, 6.07) is 3.60. The van der Waals surface area contributed by atoms with Gasteiger partial charge in [0.05, 0.1) is 19.9 Å². The molecule has 0 heterocycles. The van der Waals surface area contributed by atoms with Crippen LogP contribution in [0.1, 0.15) is 18.9 Å². The Labute approximate surface area is 114 Å². The number of carbonyl (C=O) groups is 1. The molecule has 1 aromatic carbocycles. The number of anilines is 1. The molecule has 0 spiro atoms. The average Bonchev–Trinajstić information content (AvgIpc) is 2.40. The lowest BCUT2D eigenvalue weighted by Crippen LogP contribution is -2.23. The zero-order valence-corrected chi connectivity index (χ0v) is 11.9. The third-order valence-corrected chi connectivity index (χ3v) is 3.02. The number of amides is 1. The molecule has 19 heavy (non-hydrogen) atoms. The van der Waals surface area contributed by atoms with E-state index in [1.807, 2.05) is 19.9 Å². The van der Waals surface area contributed by atoms with Crippen LogP contribution in [0.15, 0.2) is 12.1 Å². The molecule has 0 aliphatic carbocycles. The number of aryl methyl sites for hydroxylation is 1. The minimum Gasteiger partial charge on any atom is -0.497 e. The zero-order valence-electron chi connectivity index (χ0n) is 11.9. The molecule has 1 rings (SSSR count). The number of ether oxygens (including phenoxy) is 2. The molecule has 0 bridgehead atoms. The molecule has 3 N–H and O–H groups in total. The maximum absolute atomic E-state index is 12.0. The van der Waals surface area contributed by atoms with Crippen molar-refractivity contribution in [3.8, 4) is 11.5 Å². The minimum atomic E-state index is -0.129. The SMILES string of the molecule is COc1cc(C)c(NC(=O)C(C)CCN)c(OC)c1. The van der Waals surface area contributed by atoms with Crippen LogP contribution in [0.3, 0.4) is 0 Å². The maximum atomic E-state index is 12.0. The quantitative estimate of drug-likeness (QED) is 0.825. The average molecular weight is 266 g/mol. The van der Waals surface area contributed by atoms with Crippen molar-refractivity contribution in [1.82, 2.24) is 0 Å². The summed E-state index contributed by atoms with van der Waals surface area (Å²) in [7, 11) is 3.16. The fourth-order valence-corrected chi connectivity index (χ4v) is 1.79. The highest BCUT2D eigenvalue weighted by atomic mass is 16.5. The summed E-state index contributed by atoms with van der Waals surface area (Å²) in [6.07, 6.45) is 0.656. The second-order valence-corrected chi connectivity index (χ2v) is 4.49. The fraction of sp³-hybridized carbons (Fsp3) is 0.500. The van der Waals surface area contributed by atoms with Gasteiger partial charge in [-0.25, -0.2) is 0 Å². The van der Waals surface area contributed by atoms with Gasteiger partial charge in [0, 0.05) is 12.0 Å². The van der Waals surface area contributed by atoms with Crippen LogP contribution in [0.2, 0.25) is 0 Å². The summed E-state index contributed by atoms with van der Waals surface area (Å²) in [4.78, 5) is 12.0. The summed E-state index contributed by atoms with van der Waals surface area (Å²) >= 11 is 0. The monoisotopic (exact) mass is 266 g/mol. The Kier molecular flexibility index (Phi) is 5.63. The molecule has 0 aliphatic heterocycles. The van der Waals surface area contributed by atoms with E-state index < -0.39 is 0 Å². The van der Waals surface area contributed by atoms with Gasteiger partial charge >= 0.3 is 0 Å². The first-order valence-corrected chi connectivity index (χ1v) is 6.27. The van der Waals surface area contributed by atoms with Crippen LogP contribution in [-0.2, 0) is 4.79 Å². The molecule has 0 fully saturated rings. The van der Waals surface area contributed by atoms with Crippen molar-refractivity contribution in [2.75, 3.05) is 26.1 Å². The summed E-state index contributed by atoms with van der Waals surface area (Å²) in [6.45, 7) is 4.25. The number of carbonyl (C=O) groups excluding carboxylic acids is 1. The first kappa shape index (κ1) is 15.3. The molecule has 1 unspecified atom stereocenters. The van der Waals surface area contributed by atoms with Gasteiger partial charge in [0.15, 0.2) is 0 Å².